The zero-order valence-electron chi connectivity index (χ0n) is 13.3. The molecule has 23 heavy (non-hydrogen) atoms. The molecule has 1 aliphatic carbocycles. The van der Waals surface area contributed by atoms with E-state index in [4.69, 9.17) is 4.74 Å². The van der Waals surface area contributed by atoms with Gasteiger partial charge in [-0.15, -0.1) is 0 Å². The predicted octanol–water partition coefficient (Wildman–Crippen LogP) is 3.83. The second-order valence-electron chi connectivity index (χ2n) is 5.74. The van der Waals surface area contributed by atoms with Crippen LogP contribution >= 0.6 is 0 Å². The van der Waals surface area contributed by atoms with Crippen molar-refractivity contribution in [1.29, 1.82) is 0 Å². The molecule has 118 valence electrons. The number of aryl methyl sites for hydroxylation is 1. The Labute approximate surface area is 135 Å². The van der Waals surface area contributed by atoms with Gasteiger partial charge < -0.3 is 4.74 Å². The Hall–Kier alpha value is -2.49. The molecule has 1 heterocycles. The molecule has 4 nitrogen and oxygen atoms in total. The molecule has 0 N–H and O–H groups in total. The molecule has 0 unspecified atom stereocenters. The summed E-state index contributed by atoms with van der Waals surface area (Å²) in [7, 11) is 0. The Bertz CT molecular complexity index is 749. The van der Waals surface area contributed by atoms with Crippen molar-refractivity contribution in [3.63, 3.8) is 0 Å². The maximum atomic E-state index is 12.6. The molecular formula is C19H19NO3. The number of rotatable bonds is 5. The van der Waals surface area contributed by atoms with Crippen LogP contribution in [0.2, 0.25) is 0 Å². The van der Waals surface area contributed by atoms with Crippen LogP contribution in [0.15, 0.2) is 36.4 Å². The van der Waals surface area contributed by atoms with Gasteiger partial charge in [-0.05, 0) is 32.8 Å². The molecule has 4 heteroatoms. The van der Waals surface area contributed by atoms with E-state index < -0.39 is 5.97 Å². The molecule has 1 saturated carbocycles. The Morgan fingerprint density at radius 1 is 1.22 bits per heavy atom. The van der Waals surface area contributed by atoms with E-state index in [-0.39, 0.29) is 18.3 Å². The number of nitrogens with zero attached hydrogens (tertiary/aromatic N) is 1. The van der Waals surface area contributed by atoms with Gasteiger partial charge in [-0.1, -0.05) is 30.3 Å². The van der Waals surface area contributed by atoms with E-state index in [1.807, 2.05) is 30.3 Å². The number of hydrogen-bond donors (Lipinski definition) is 0. The van der Waals surface area contributed by atoms with Crippen LogP contribution in [0.5, 0.6) is 0 Å². The highest BCUT2D eigenvalue weighted by atomic mass is 16.5. The number of ketones is 1. The zero-order chi connectivity index (χ0) is 16.4. The smallest absolute Gasteiger partial charge is 0.339 e. The number of benzene rings is 1. The molecule has 2 aromatic rings. The lowest BCUT2D eigenvalue weighted by Gasteiger charge is -2.13. The van der Waals surface area contributed by atoms with Crippen molar-refractivity contribution in [3.05, 3.63) is 53.2 Å². The number of Topliss-reactive ketones (excluding diaryl/α,β-unsaturated/α-hetero) is 1. The molecule has 0 bridgehead atoms. The minimum Gasteiger partial charge on any atom is -0.462 e. The summed E-state index contributed by atoms with van der Waals surface area (Å²) in [5.41, 5.74) is 2.93. The standard InChI is InChI=1S/C19H19NO3/c1-3-23-19(22)15-11-16(13-7-5-4-6-8-13)20-12(2)17(15)18(21)14-9-10-14/h4-8,11,14H,3,9-10H2,1-2H3. The summed E-state index contributed by atoms with van der Waals surface area (Å²) >= 11 is 0. The molecule has 0 aliphatic heterocycles. The van der Waals surface area contributed by atoms with Crippen LogP contribution in [0, 0.1) is 12.8 Å². The first-order valence-corrected chi connectivity index (χ1v) is 7.90. The highest BCUT2D eigenvalue weighted by molar-refractivity contribution is 6.09. The van der Waals surface area contributed by atoms with E-state index >= 15 is 0 Å². The third kappa shape index (κ3) is 3.16. The van der Waals surface area contributed by atoms with Gasteiger partial charge in [0.05, 0.1) is 23.4 Å². The molecule has 1 aromatic carbocycles. The van der Waals surface area contributed by atoms with Gasteiger partial charge in [0.15, 0.2) is 5.78 Å². The van der Waals surface area contributed by atoms with E-state index in [0.29, 0.717) is 22.5 Å². The van der Waals surface area contributed by atoms with Crippen LogP contribution in [0.3, 0.4) is 0 Å². The average molecular weight is 309 g/mol. The summed E-state index contributed by atoms with van der Waals surface area (Å²) in [4.78, 5) is 29.5. The normalized spacial score (nSPS) is 13.7. The van der Waals surface area contributed by atoms with Gasteiger partial charge in [-0.3, -0.25) is 9.78 Å². The van der Waals surface area contributed by atoms with Crippen molar-refractivity contribution in [2.75, 3.05) is 6.61 Å². The first-order chi connectivity index (χ1) is 11.1. The van der Waals surface area contributed by atoms with Gasteiger partial charge >= 0.3 is 5.97 Å². The maximum absolute atomic E-state index is 12.6. The Morgan fingerprint density at radius 2 is 1.91 bits per heavy atom. The number of esters is 1. The van der Waals surface area contributed by atoms with Crippen molar-refractivity contribution in [1.82, 2.24) is 4.98 Å². The number of ether oxygens (including phenoxy) is 1. The number of carbonyl (C=O) groups is 2. The van der Waals surface area contributed by atoms with E-state index in [1.165, 1.54) is 0 Å². The number of hydrogen-bond acceptors (Lipinski definition) is 4. The van der Waals surface area contributed by atoms with Crippen molar-refractivity contribution in [2.24, 2.45) is 5.92 Å². The quantitative estimate of drug-likeness (QED) is 0.622. The van der Waals surface area contributed by atoms with Gasteiger partial charge in [-0.2, -0.15) is 0 Å². The third-order valence-corrected chi connectivity index (χ3v) is 3.96. The van der Waals surface area contributed by atoms with Crippen LogP contribution in [0.4, 0.5) is 0 Å². The Balaban J connectivity index is 2.12. The van der Waals surface area contributed by atoms with E-state index in [2.05, 4.69) is 4.98 Å². The minimum absolute atomic E-state index is 0.0117. The molecule has 1 aromatic heterocycles. The maximum Gasteiger partial charge on any atom is 0.339 e. The van der Waals surface area contributed by atoms with Gasteiger partial charge in [-0.25, -0.2) is 4.79 Å². The minimum atomic E-state index is -0.459. The van der Waals surface area contributed by atoms with Gasteiger partial charge in [0.2, 0.25) is 0 Å². The summed E-state index contributed by atoms with van der Waals surface area (Å²) in [5.74, 6) is -0.414. The molecule has 3 rings (SSSR count). The summed E-state index contributed by atoms with van der Waals surface area (Å²) in [6, 6.07) is 11.3. The lowest BCUT2D eigenvalue weighted by molar-refractivity contribution is 0.0522. The number of carbonyl (C=O) groups excluding carboxylic acids is 2. The Morgan fingerprint density at radius 3 is 2.52 bits per heavy atom. The van der Waals surface area contributed by atoms with Crippen LogP contribution in [-0.4, -0.2) is 23.3 Å². The van der Waals surface area contributed by atoms with Crippen LogP contribution in [0.25, 0.3) is 11.3 Å². The van der Waals surface area contributed by atoms with Crippen LogP contribution in [-0.2, 0) is 4.74 Å². The molecule has 0 saturated heterocycles. The monoisotopic (exact) mass is 309 g/mol. The van der Waals surface area contributed by atoms with E-state index in [0.717, 1.165) is 18.4 Å². The van der Waals surface area contributed by atoms with Crippen molar-refractivity contribution in [3.8, 4) is 11.3 Å². The number of pyridine rings is 1. The SMILES string of the molecule is CCOC(=O)c1cc(-c2ccccc2)nc(C)c1C(=O)C1CC1. The molecular weight excluding hydrogens is 290 g/mol. The van der Waals surface area contributed by atoms with Crippen molar-refractivity contribution in [2.45, 2.75) is 26.7 Å². The van der Waals surface area contributed by atoms with Gasteiger partial charge in [0.25, 0.3) is 0 Å². The zero-order valence-corrected chi connectivity index (χ0v) is 13.3. The highest BCUT2D eigenvalue weighted by Gasteiger charge is 2.34. The Kier molecular flexibility index (Phi) is 4.24. The first-order valence-electron chi connectivity index (χ1n) is 7.90. The average Bonchev–Trinajstić information content (AvgIpc) is 3.39. The summed E-state index contributed by atoms with van der Waals surface area (Å²) < 4.78 is 5.15. The number of aromatic nitrogens is 1. The second-order valence-corrected chi connectivity index (χ2v) is 5.74. The lowest BCUT2D eigenvalue weighted by atomic mass is 9.97. The highest BCUT2D eigenvalue weighted by Crippen LogP contribution is 2.35. The van der Waals surface area contributed by atoms with E-state index in [9.17, 15) is 9.59 Å². The summed E-state index contributed by atoms with van der Waals surface area (Å²) in [6.45, 7) is 3.81. The van der Waals surface area contributed by atoms with Crippen LogP contribution in [0.1, 0.15) is 46.2 Å². The first kappa shape index (κ1) is 15.4. The fourth-order valence-corrected chi connectivity index (χ4v) is 2.66. The molecule has 0 atom stereocenters. The van der Waals surface area contributed by atoms with Gasteiger partial charge in [0, 0.05) is 17.2 Å². The van der Waals surface area contributed by atoms with Crippen molar-refractivity contribution < 1.29 is 14.3 Å². The topological polar surface area (TPSA) is 56.3 Å². The van der Waals surface area contributed by atoms with Gasteiger partial charge in [0.1, 0.15) is 0 Å². The van der Waals surface area contributed by atoms with Crippen molar-refractivity contribution >= 4 is 11.8 Å². The molecule has 0 spiro atoms. The molecule has 0 amide bonds. The predicted molar refractivity (Wildman–Crippen MR) is 87.4 cm³/mol. The third-order valence-electron chi connectivity index (χ3n) is 3.96. The summed E-state index contributed by atoms with van der Waals surface area (Å²) in [6.07, 6.45) is 1.78. The second kappa shape index (κ2) is 6.32. The largest absolute Gasteiger partial charge is 0.462 e. The fraction of sp³-hybridized carbons (Fsp3) is 0.316. The molecule has 1 aliphatic rings. The van der Waals surface area contributed by atoms with Crippen LogP contribution < -0.4 is 0 Å². The molecule has 0 radical (unpaired) electrons. The fourth-order valence-electron chi connectivity index (χ4n) is 2.66. The molecule has 1 fully saturated rings. The van der Waals surface area contributed by atoms with E-state index in [1.54, 1.807) is 19.9 Å². The lowest BCUT2D eigenvalue weighted by Crippen LogP contribution is -2.16. The summed E-state index contributed by atoms with van der Waals surface area (Å²) in [5, 5.41) is 0.